The highest BCUT2D eigenvalue weighted by atomic mass is 19.1. The third-order valence-electron chi connectivity index (χ3n) is 2.46. The van der Waals surface area contributed by atoms with Crippen molar-refractivity contribution in [1.82, 2.24) is 9.78 Å². The molecule has 0 atom stereocenters. The highest BCUT2D eigenvalue weighted by Gasteiger charge is 2.19. The molecule has 0 spiro atoms. The molecule has 0 aliphatic rings. The molecule has 1 heterocycles. The molecule has 0 bridgehead atoms. The molecule has 2 aromatic rings. The first-order valence-electron chi connectivity index (χ1n) is 4.85. The van der Waals surface area contributed by atoms with Crippen LogP contribution in [0.3, 0.4) is 0 Å². The number of hydrogen-bond donors (Lipinski definition) is 1. The Labute approximate surface area is 96.6 Å². The van der Waals surface area contributed by atoms with Crippen LogP contribution in [0.25, 0.3) is 11.3 Å². The van der Waals surface area contributed by atoms with Crippen LogP contribution in [0.1, 0.15) is 0 Å². The number of nitrogens with two attached hydrogens (primary N) is 1. The SMILES string of the molecule is COc1cc(F)c(-c2c(N)cnn2C)c(F)c1. The number of ether oxygens (including phenoxy) is 1. The normalized spacial score (nSPS) is 10.6. The maximum absolute atomic E-state index is 13.8. The summed E-state index contributed by atoms with van der Waals surface area (Å²) in [6.45, 7) is 0. The second-order valence-electron chi connectivity index (χ2n) is 3.54. The number of anilines is 1. The van der Waals surface area contributed by atoms with Crippen LogP contribution in [-0.4, -0.2) is 16.9 Å². The average molecular weight is 239 g/mol. The standard InChI is InChI=1S/C11H11F2N3O/c1-16-11(9(14)5-15-16)10-7(12)3-6(17-2)4-8(10)13/h3-5H,14H2,1-2H3. The van der Waals surface area contributed by atoms with Crippen LogP contribution in [0.15, 0.2) is 18.3 Å². The number of nitrogen functional groups attached to an aromatic ring is 1. The van der Waals surface area contributed by atoms with E-state index in [0.717, 1.165) is 12.1 Å². The smallest absolute Gasteiger partial charge is 0.139 e. The Morgan fingerprint density at radius 2 is 1.88 bits per heavy atom. The molecular formula is C11H11F2N3O. The van der Waals surface area contributed by atoms with E-state index in [4.69, 9.17) is 10.5 Å². The monoisotopic (exact) mass is 239 g/mol. The van der Waals surface area contributed by atoms with Gasteiger partial charge in [0, 0.05) is 19.2 Å². The number of hydrogen-bond acceptors (Lipinski definition) is 3. The van der Waals surface area contributed by atoms with Crippen molar-refractivity contribution >= 4 is 5.69 Å². The van der Waals surface area contributed by atoms with Crippen molar-refractivity contribution in [2.24, 2.45) is 7.05 Å². The second-order valence-corrected chi connectivity index (χ2v) is 3.54. The minimum absolute atomic E-state index is 0.115. The van der Waals surface area contributed by atoms with Gasteiger partial charge in [0.2, 0.25) is 0 Å². The predicted molar refractivity (Wildman–Crippen MR) is 59.5 cm³/mol. The lowest BCUT2D eigenvalue weighted by Crippen LogP contribution is -2.01. The number of rotatable bonds is 2. The zero-order valence-electron chi connectivity index (χ0n) is 9.37. The van der Waals surface area contributed by atoms with Crippen molar-refractivity contribution in [2.45, 2.75) is 0 Å². The lowest BCUT2D eigenvalue weighted by atomic mass is 10.1. The Morgan fingerprint density at radius 1 is 1.29 bits per heavy atom. The van der Waals surface area contributed by atoms with Crippen molar-refractivity contribution in [2.75, 3.05) is 12.8 Å². The van der Waals surface area contributed by atoms with Gasteiger partial charge in [-0.05, 0) is 0 Å². The third-order valence-corrected chi connectivity index (χ3v) is 2.46. The molecule has 0 aliphatic heterocycles. The van der Waals surface area contributed by atoms with E-state index in [1.165, 1.54) is 18.0 Å². The first-order valence-corrected chi connectivity index (χ1v) is 4.85. The molecule has 0 radical (unpaired) electrons. The first-order chi connectivity index (χ1) is 8.04. The summed E-state index contributed by atoms with van der Waals surface area (Å²) in [4.78, 5) is 0. The van der Waals surface area contributed by atoms with Gasteiger partial charge in [0.25, 0.3) is 0 Å². The topological polar surface area (TPSA) is 53.1 Å². The van der Waals surface area contributed by atoms with Crippen LogP contribution >= 0.6 is 0 Å². The maximum atomic E-state index is 13.8. The first kappa shape index (κ1) is 11.4. The predicted octanol–water partition coefficient (Wildman–Crippen LogP) is 1.96. The van der Waals surface area contributed by atoms with Crippen LogP contribution in [0.5, 0.6) is 5.75 Å². The second kappa shape index (κ2) is 4.04. The number of methoxy groups -OCH3 is 1. The molecule has 0 fully saturated rings. The van der Waals surface area contributed by atoms with E-state index in [1.807, 2.05) is 0 Å². The summed E-state index contributed by atoms with van der Waals surface area (Å²) in [5, 5.41) is 3.84. The van der Waals surface area contributed by atoms with Crippen LogP contribution < -0.4 is 10.5 Å². The number of aryl methyl sites for hydroxylation is 1. The zero-order chi connectivity index (χ0) is 12.6. The van der Waals surface area contributed by atoms with E-state index in [-0.39, 0.29) is 22.7 Å². The van der Waals surface area contributed by atoms with Gasteiger partial charge in [-0.3, -0.25) is 4.68 Å². The van der Waals surface area contributed by atoms with Gasteiger partial charge < -0.3 is 10.5 Å². The lowest BCUT2D eigenvalue weighted by Gasteiger charge is -2.08. The Bertz CT molecular complexity index is 523. The highest BCUT2D eigenvalue weighted by Crippen LogP contribution is 2.32. The summed E-state index contributed by atoms with van der Waals surface area (Å²) < 4.78 is 33.7. The zero-order valence-corrected chi connectivity index (χ0v) is 9.37. The molecule has 6 heteroatoms. The van der Waals surface area contributed by atoms with Crippen molar-refractivity contribution in [3.63, 3.8) is 0 Å². The summed E-state index contributed by atoms with van der Waals surface area (Å²) in [6.07, 6.45) is 1.35. The van der Waals surface area contributed by atoms with Crippen LogP contribution in [0.4, 0.5) is 14.5 Å². The molecule has 1 aromatic heterocycles. The molecule has 0 amide bonds. The van der Waals surface area contributed by atoms with E-state index in [2.05, 4.69) is 5.10 Å². The summed E-state index contributed by atoms with van der Waals surface area (Å²) in [7, 11) is 2.90. The Kier molecular flexibility index (Phi) is 2.71. The number of nitrogens with zero attached hydrogens (tertiary/aromatic N) is 2. The molecule has 1 aromatic carbocycles. The van der Waals surface area contributed by atoms with Crippen LogP contribution in [-0.2, 0) is 7.05 Å². The maximum Gasteiger partial charge on any atom is 0.139 e. The molecular weight excluding hydrogens is 228 g/mol. The summed E-state index contributed by atoms with van der Waals surface area (Å²) in [5.74, 6) is -1.36. The molecule has 0 saturated heterocycles. The average Bonchev–Trinajstić information content (AvgIpc) is 2.59. The fourth-order valence-corrected chi connectivity index (χ4v) is 1.65. The molecule has 4 nitrogen and oxygen atoms in total. The molecule has 2 rings (SSSR count). The molecule has 17 heavy (non-hydrogen) atoms. The third kappa shape index (κ3) is 1.82. The Morgan fingerprint density at radius 3 is 2.29 bits per heavy atom. The molecule has 90 valence electrons. The summed E-state index contributed by atoms with van der Waals surface area (Å²) >= 11 is 0. The number of halogens is 2. The van der Waals surface area contributed by atoms with Gasteiger partial charge in [-0.1, -0.05) is 0 Å². The van der Waals surface area contributed by atoms with Gasteiger partial charge in [0.05, 0.1) is 30.3 Å². The van der Waals surface area contributed by atoms with Crippen LogP contribution in [0, 0.1) is 11.6 Å². The van der Waals surface area contributed by atoms with E-state index >= 15 is 0 Å². The van der Waals surface area contributed by atoms with Gasteiger partial charge >= 0.3 is 0 Å². The Balaban J connectivity index is 2.68. The number of benzene rings is 1. The van der Waals surface area contributed by atoms with Crippen molar-refractivity contribution in [3.05, 3.63) is 30.0 Å². The largest absolute Gasteiger partial charge is 0.497 e. The van der Waals surface area contributed by atoms with E-state index in [9.17, 15) is 8.78 Å². The van der Waals surface area contributed by atoms with Crippen molar-refractivity contribution < 1.29 is 13.5 Å². The summed E-state index contributed by atoms with van der Waals surface area (Å²) in [6, 6.07) is 2.20. The lowest BCUT2D eigenvalue weighted by molar-refractivity contribution is 0.407. The highest BCUT2D eigenvalue weighted by molar-refractivity contribution is 5.73. The van der Waals surface area contributed by atoms with E-state index in [1.54, 1.807) is 7.05 Å². The molecule has 0 aliphatic carbocycles. The van der Waals surface area contributed by atoms with E-state index < -0.39 is 11.6 Å². The Hall–Kier alpha value is -2.11. The molecule has 0 saturated carbocycles. The molecule has 2 N–H and O–H groups in total. The fourth-order valence-electron chi connectivity index (χ4n) is 1.65. The minimum Gasteiger partial charge on any atom is -0.497 e. The number of aromatic nitrogens is 2. The minimum atomic E-state index is -0.739. The van der Waals surface area contributed by atoms with Gasteiger partial charge in [-0.25, -0.2) is 8.78 Å². The van der Waals surface area contributed by atoms with Gasteiger partial charge in [-0.2, -0.15) is 5.10 Å². The quantitative estimate of drug-likeness (QED) is 0.871. The van der Waals surface area contributed by atoms with Crippen molar-refractivity contribution in [3.8, 4) is 17.0 Å². The van der Waals surface area contributed by atoms with Crippen molar-refractivity contribution in [1.29, 1.82) is 0 Å². The van der Waals surface area contributed by atoms with E-state index in [0.29, 0.717) is 0 Å². The van der Waals surface area contributed by atoms with Gasteiger partial charge in [-0.15, -0.1) is 0 Å². The van der Waals surface area contributed by atoms with Gasteiger partial charge in [0.15, 0.2) is 0 Å². The molecule has 0 unspecified atom stereocenters. The summed E-state index contributed by atoms with van der Waals surface area (Å²) in [5.41, 5.74) is 5.86. The fraction of sp³-hybridized carbons (Fsp3) is 0.182. The van der Waals surface area contributed by atoms with Gasteiger partial charge in [0.1, 0.15) is 17.4 Å². The van der Waals surface area contributed by atoms with Crippen LogP contribution in [0.2, 0.25) is 0 Å².